The van der Waals surface area contributed by atoms with E-state index >= 15 is 0 Å². The van der Waals surface area contributed by atoms with Crippen LogP contribution in [0.3, 0.4) is 0 Å². The molecule has 0 N–H and O–H groups in total. The van der Waals surface area contributed by atoms with Crippen molar-refractivity contribution in [2.24, 2.45) is 0 Å². The first-order valence-corrected chi connectivity index (χ1v) is 6.39. The largest absolute Gasteiger partial charge is 0.0641 e. The lowest BCUT2D eigenvalue weighted by atomic mass is 9.97. The van der Waals surface area contributed by atoms with Crippen molar-refractivity contribution in [3.63, 3.8) is 0 Å². The predicted octanol–water partition coefficient (Wildman–Crippen LogP) is 5.91. The lowest BCUT2D eigenvalue weighted by molar-refractivity contribution is 1.73. The van der Waals surface area contributed by atoms with Crippen molar-refractivity contribution < 1.29 is 12.3 Å². The normalized spacial score (nSPS) is 18.1. The molecule has 0 radical (unpaired) electrons. The van der Waals surface area contributed by atoms with Crippen LogP contribution in [0.5, 0.6) is 0 Å². The van der Waals surface area contributed by atoms with Crippen molar-refractivity contribution in [3.05, 3.63) is 71.0 Å². The first-order valence-electron chi connectivity index (χ1n) is 10.1. The molecule has 0 saturated carbocycles. The molecule has 0 spiro atoms. The maximum atomic E-state index is 8.48. The fourth-order valence-electron chi connectivity index (χ4n) is 2.17. The van der Waals surface area contributed by atoms with Gasteiger partial charge >= 0.3 is 0 Å². The molecular formula is C18H11Br. The summed E-state index contributed by atoms with van der Waals surface area (Å²) in [4.78, 5) is 0. The van der Waals surface area contributed by atoms with E-state index in [0.29, 0.717) is 5.39 Å². The molecule has 4 aromatic rings. The van der Waals surface area contributed by atoms with Crippen LogP contribution in [-0.4, -0.2) is 0 Å². The third kappa shape index (κ3) is 1.66. The van der Waals surface area contributed by atoms with Gasteiger partial charge in [0.2, 0.25) is 0 Å². The molecular weight excluding hydrogens is 296 g/mol. The number of hydrogen-bond acceptors (Lipinski definition) is 0. The van der Waals surface area contributed by atoms with Gasteiger partial charge < -0.3 is 0 Å². The average molecular weight is 316 g/mol. The number of halogens is 1. The summed E-state index contributed by atoms with van der Waals surface area (Å²) in [6, 6.07) is 0.416. The van der Waals surface area contributed by atoms with Crippen LogP contribution in [0.2, 0.25) is 0 Å². The standard InChI is InChI=1S/C18H11Br/c19-14-8-5-13-7-9-16-15-4-2-1-3-12(15)6-10-17(16)18(13)11-14/h1-11H/i1D,2D,3D,4D,5D,7D,8D,9D,11D. The third-order valence-corrected chi connectivity index (χ3v) is 3.41. The lowest BCUT2D eigenvalue weighted by Crippen LogP contribution is -1.80. The van der Waals surface area contributed by atoms with E-state index in [9.17, 15) is 0 Å². The van der Waals surface area contributed by atoms with Gasteiger partial charge in [-0.1, -0.05) is 70.4 Å². The van der Waals surface area contributed by atoms with Gasteiger partial charge in [-0.15, -0.1) is 0 Å². The highest BCUT2D eigenvalue weighted by Gasteiger charge is 2.04. The Morgan fingerprint density at radius 2 is 1.53 bits per heavy atom. The van der Waals surface area contributed by atoms with Gasteiger partial charge in [-0.3, -0.25) is 0 Å². The van der Waals surface area contributed by atoms with Crippen molar-refractivity contribution in [2.45, 2.75) is 0 Å². The van der Waals surface area contributed by atoms with Crippen molar-refractivity contribution in [3.8, 4) is 0 Å². The van der Waals surface area contributed by atoms with Gasteiger partial charge in [-0.2, -0.15) is 0 Å². The molecule has 0 aromatic heterocycles. The molecule has 0 aliphatic rings. The third-order valence-electron chi connectivity index (χ3n) is 3.02. The van der Waals surface area contributed by atoms with E-state index in [2.05, 4.69) is 15.9 Å². The summed E-state index contributed by atoms with van der Waals surface area (Å²) in [5.74, 6) is 0. The highest BCUT2D eigenvalue weighted by atomic mass is 79.9. The van der Waals surface area contributed by atoms with Gasteiger partial charge in [-0.25, -0.2) is 0 Å². The van der Waals surface area contributed by atoms with E-state index in [1.54, 1.807) is 6.07 Å². The summed E-state index contributed by atoms with van der Waals surface area (Å²) in [6.07, 6.45) is 0. The van der Waals surface area contributed by atoms with Gasteiger partial charge in [0.1, 0.15) is 0 Å². The Labute approximate surface area is 132 Å². The first kappa shape index (κ1) is 5.26. The monoisotopic (exact) mass is 315 g/mol. The van der Waals surface area contributed by atoms with E-state index in [1.165, 1.54) is 6.07 Å². The minimum atomic E-state index is -0.439. The predicted molar refractivity (Wildman–Crippen MR) is 86.7 cm³/mol. The topological polar surface area (TPSA) is 0 Å². The summed E-state index contributed by atoms with van der Waals surface area (Å²) in [6.45, 7) is 0. The molecule has 19 heavy (non-hydrogen) atoms. The molecule has 90 valence electrons. The minimum absolute atomic E-state index is 0.0101. The highest BCUT2D eigenvalue weighted by Crippen LogP contribution is 2.32. The average Bonchev–Trinajstić information content (AvgIpc) is 2.68. The lowest BCUT2D eigenvalue weighted by Gasteiger charge is -2.07. The van der Waals surface area contributed by atoms with Gasteiger partial charge in [0.15, 0.2) is 0 Å². The summed E-state index contributed by atoms with van der Waals surface area (Å²) in [7, 11) is 0. The molecule has 0 nitrogen and oxygen atoms in total. The molecule has 0 saturated heterocycles. The molecule has 4 aromatic carbocycles. The Bertz CT molecular complexity index is 1350. The molecule has 0 atom stereocenters. The molecule has 0 unspecified atom stereocenters. The van der Waals surface area contributed by atoms with E-state index in [1.807, 2.05) is 0 Å². The van der Waals surface area contributed by atoms with Gasteiger partial charge in [-0.05, 0) is 44.4 Å². The van der Waals surface area contributed by atoms with E-state index in [-0.39, 0.29) is 79.7 Å². The summed E-state index contributed by atoms with van der Waals surface area (Å²) in [5, 5.41) is 1.03. The fraction of sp³-hybridized carbons (Fsp3) is 0. The SMILES string of the molecule is [2H]c1c([2H])c([2H])c2c(ccc3c4c([2H])c(Br)c([2H])c([2H])c4c([2H])c([2H])c32)c1[2H]. The molecule has 4 rings (SSSR count). The number of rotatable bonds is 0. The Balaban J connectivity index is 2.45. The van der Waals surface area contributed by atoms with Crippen molar-refractivity contribution in [1.82, 2.24) is 0 Å². The van der Waals surface area contributed by atoms with Crippen LogP contribution in [-0.2, 0) is 0 Å². The van der Waals surface area contributed by atoms with E-state index < -0.39 is 6.04 Å². The van der Waals surface area contributed by atoms with Crippen LogP contribution < -0.4 is 0 Å². The molecule has 1 heteroatoms. The maximum absolute atomic E-state index is 8.48. The Hall–Kier alpha value is -1.86. The Morgan fingerprint density at radius 1 is 0.684 bits per heavy atom. The fourth-order valence-corrected chi connectivity index (χ4v) is 2.47. The number of hydrogen-bond donors (Lipinski definition) is 0. The Kier molecular flexibility index (Phi) is 1.13. The molecule has 0 aliphatic heterocycles. The zero-order valence-electron chi connectivity index (χ0n) is 18.5. The zero-order valence-corrected chi connectivity index (χ0v) is 11.1. The summed E-state index contributed by atoms with van der Waals surface area (Å²) >= 11 is 3.15. The summed E-state index contributed by atoms with van der Waals surface area (Å²) in [5.41, 5.74) is 0. The van der Waals surface area contributed by atoms with Crippen LogP contribution in [0.4, 0.5) is 0 Å². The van der Waals surface area contributed by atoms with Crippen molar-refractivity contribution in [1.29, 1.82) is 0 Å². The van der Waals surface area contributed by atoms with Crippen LogP contribution in [0, 0.1) is 0 Å². The highest BCUT2D eigenvalue weighted by molar-refractivity contribution is 9.10. The number of benzene rings is 4. The van der Waals surface area contributed by atoms with Crippen LogP contribution in [0.15, 0.2) is 71.0 Å². The molecule has 0 bridgehead atoms. The van der Waals surface area contributed by atoms with Crippen LogP contribution >= 0.6 is 15.9 Å². The first-order chi connectivity index (χ1) is 13.1. The smallest absolute Gasteiger partial charge is 0.0616 e. The maximum Gasteiger partial charge on any atom is 0.0641 e. The number of fused-ring (bicyclic) bond motifs is 5. The zero-order chi connectivity index (χ0) is 20.7. The van der Waals surface area contributed by atoms with Crippen molar-refractivity contribution in [2.75, 3.05) is 0 Å². The van der Waals surface area contributed by atoms with E-state index in [4.69, 9.17) is 12.3 Å². The molecule has 0 fully saturated rings. The second-order valence-electron chi connectivity index (χ2n) is 4.10. The van der Waals surface area contributed by atoms with Crippen LogP contribution in [0.1, 0.15) is 12.3 Å². The second kappa shape index (κ2) is 4.07. The van der Waals surface area contributed by atoms with Crippen molar-refractivity contribution >= 4 is 48.2 Å². The molecule has 0 aliphatic carbocycles. The van der Waals surface area contributed by atoms with Gasteiger partial charge in [0, 0.05) is 4.47 Å². The minimum Gasteiger partial charge on any atom is -0.0616 e. The van der Waals surface area contributed by atoms with Gasteiger partial charge in [0.05, 0.1) is 12.3 Å². The Morgan fingerprint density at radius 3 is 2.47 bits per heavy atom. The molecule has 0 heterocycles. The van der Waals surface area contributed by atoms with Crippen LogP contribution in [0.25, 0.3) is 32.3 Å². The quantitative estimate of drug-likeness (QED) is 0.354. The molecule has 0 amide bonds. The van der Waals surface area contributed by atoms with E-state index in [0.717, 1.165) is 0 Å². The second-order valence-corrected chi connectivity index (χ2v) is 4.89. The summed E-state index contributed by atoms with van der Waals surface area (Å²) < 4.78 is 73.8. The van der Waals surface area contributed by atoms with Gasteiger partial charge in [0.25, 0.3) is 0 Å².